The van der Waals surface area contributed by atoms with Gasteiger partial charge in [-0.3, -0.25) is 5.10 Å². The summed E-state index contributed by atoms with van der Waals surface area (Å²) in [6.07, 6.45) is 1.54. The van der Waals surface area contributed by atoms with Crippen molar-refractivity contribution in [3.05, 3.63) is 12.0 Å². The van der Waals surface area contributed by atoms with Gasteiger partial charge in [0.1, 0.15) is 5.82 Å². The van der Waals surface area contributed by atoms with Crippen molar-refractivity contribution < 1.29 is 0 Å². The molecule has 0 aliphatic rings. The van der Waals surface area contributed by atoms with Gasteiger partial charge in [-0.05, 0) is 0 Å². The minimum Gasteiger partial charge on any atom is -0.262 e. The fourth-order valence-electron chi connectivity index (χ4n) is 0.779. The van der Waals surface area contributed by atoms with Crippen LogP contribution in [-0.4, -0.2) is 30.6 Å². The van der Waals surface area contributed by atoms with Crippen LogP contribution in [0.2, 0.25) is 0 Å². The van der Waals surface area contributed by atoms with Gasteiger partial charge in [0, 0.05) is 0 Å². The van der Waals surface area contributed by atoms with Crippen LogP contribution in [0.3, 0.4) is 0 Å². The first-order valence-corrected chi connectivity index (χ1v) is 3.77. The van der Waals surface area contributed by atoms with Crippen LogP contribution in [0.1, 0.15) is 5.82 Å². The third-order valence-corrected chi connectivity index (χ3v) is 1.56. The number of halogens is 1. The molecule has 62 valence electrons. The van der Waals surface area contributed by atoms with Crippen molar-refractivity contribution in [1.82, 2.24) is 30.6 Å². The molecule has 0 unspecified atom stereocenters. The molecular weight excluding hydrogens is 180 g/mol. The third-order valence-electron chi connectivity index (χ3n) is 1.30. The Balaban J connectivity index is 2.35. The summed E-state index contributed by atoms with van der Waals surface area (Å²) < 4.78 is 0. The Hall–Kier alpha value is -1.43. The number of hydrogen-bond donors (Lipinski definition) is 2. The lowest BCUT2D eigenvalue weighted by molar-refractivity contribution is 0.938. The second-order valence-electron chi connectivity index (χ2n) is 2.09. The van der Waals surface area contributed by atoms with Crippen molar-refractivity contribution in [2.75, 3.05) is 0 Å². The first-order valence-electron chi connectivity index (χ1n) is 3.23. The zero-order chi connectivity index (χ0) is 8.39. The number of aromatic amines is 2. The number of rotatable bonds is 2. The van der Waals surface area contributed by atoms with Crippen LogP contribution in [0.4, 0.5) is 0 Å². The predicted molar refractivity (Wildman–Crippen MR) is 41.3 cm³/mol. The van der Waals surface area contributed by atoms with E-state index in [-0.39, 0.29) is 0 Å². The van der Waals surface area contributed by atoms with E-state index in [1.807, 2.05) is 0 Å². The van der Waals surface area contributed by atoms with Crippen molar-refractivity contribution in [3.8, 4) is 11.5 Å². The summed E-state index contributed by atoms with van der Waals surface area (Å²) >= 11 is 5.52. The SMILES string of the molecule is ClCc1nc(-c2cn[nH]n2)n[nH]1. The largest absolute Gasteiger partial charge is 0.262 e. The molecule has 7 heteroatoms. The Labute approximate surface area is 72.4 Å². The molecule has 0 saturated heterocycles. The van der Waals surface area contributed by atoms with Crippen molar-refractivity contribution in [2.45, 2.75) is 5.88 Å². The topological polar surface area (TPSA) is 83.1 Å². The summed E-state index contributed by atoms with van der Waals surface area (Å²) in [6.45, 7) is 0. The maximum Gasteiger partial charge on any atom is 0.203 e. The molecule has 2 rings (SSSR count). The molecule has 0 bridgehead atoms. The highest BCUT2D eigenvalue weighted by Gasteiger charge is 2.06. The number of alkyl halides is 1. The van der Waals surface area contributed by atoms with E-state index >= 15 is 0 Å². The highest BCUT2D eigenvalue weighted by Crippen LogP contribution is 2.08. The normalized spacial score (nSPS) is 10.4. The standard InChI is InChI=1S/C5H5ClN6/c6-1-4-8-5(11-10-4)3-2-7-12-9-3/h2H,1H2,(H,7,9,12)(H,8,10,11). The summed E-state index contributed by atoms with van der Waals surface area (Å²) in [7, 11) is 0. The van der Waals surface area contributed by atoms with Crippen LogP contribution in [0, 0.1) is 0 Å². The molecular formula is C5H5ClN6. The van der Waals surface area contributed by atoms with Gasteiger partial charge in [-0.1, -0.05) is 0 Å². The van der Waals surface area contributed by atoms with Crippen LogP contribution in [0.25, 0.3) is 11.5 Å². The summed E-state index contributed by atoms with van der Waals surface area (Å²) in [5, 5.41) is 16.5. The second kappa shape index (κ2) is 2.90. The lowest BCUT2D eigenvalue weighted by Gasteiger charge is -1.80. The Morgan fingerprint density at radius 2 is 2.33 bits per heavy atom. The highest BCUT2D eigenvalue weighted by atomic mass is 35.5. The number of nitrogens with zero attached hydrogens (tertiary/aromatic N) is 4. The Morgan fingerprint density at radius 1 is 1.42 bits per heavy atom. The molecule has 2 aromatic rings. The van der Waals surface area contributed by atoms with Gasteiger partial charge < -0.3 is 0 Å². The van der Waals surface area contributed by atoms with Gasteiger partial charge >= 0.3 is 0 Å². The van der Waals surface area contributed by atoms with Crippen LogP contribution in [0.5, 0.6) is 0 Å². The van der Waals surface area contributed by atoms with Crippen molar-refractivity contribution in [3.63, 3.8) is 0 Å². The highest BCUT2D eigenvalue weighted by molar-refractivity contribution is 6.16. The number of nitrogens with one attached hydrogen (secondary N) is 2. The quantitative estimate of drug-likeness (QED) is 0.659. The van der Waals surface area contributed by atoms with Gasteiger partial charge in [0.15, 0.2) is 5.69 Å². The van der Waals surface area contributed by atoms with E-state index in [0.29, 0.717) is 23.2 Å². The fourth-order valence-corrected chi connectivity index (χ4v) is 0.898. The Morgan fingerprint density at radius 3 is 2.92 bits per heavy atom. The van der Waals surface area contributed by atoms with E-state index in [1.165, 1.54) is 0 Å². The predicted octanol–water partition coefficient (Wildman–Crippen LogP) is 0.329. The maximum atomic E-state index is 5.52. The molecule has 0 fully saturated rings. The average Bonchev–Trinajstić information content (AvgIpc) is 2.75. The fraction of sp³-hybridized carbons (Fsp3) is 0.200. The van der Waals surface area contributed by atoms with Crippen molar-refractivity contribution in [2.24, 2.45) is 0 Å². The second-order valence-corrected chi connectivity index (χ2v) is 2.36. The summed E-state index contributed by atoms with van der Waals surface area (Å²) in [5.74, 6) is 1.43. The van der Waals surface area contributed by atoms with E-state index in [2.05, 4.69) is 30.6 Å². The van der Waals surface area contributed by atoms with Gasteiger partial charge in [-0.15, -0.1) is 11.6 Å². The van der Waals surface area contributed by atoms with E-state index < -0.39 is 0 Å². The summed E-state index contributed by atoms with van der Waals surface area (Å²) in [6, 6.07) is 0. The van der Waals surface area contributed by atoms with E-state index in [1.54, 1.807) is 6.20 Å². The lowest BCUT2D eigenvalue weighted by atomic mass is 10.5. The molecule has 0 aliphatic carbocycles. The maximum absolute atomic E-state index is 5.52. The van der Waals surface area contributed by atoms with Crippen molar-refractivity contribution in [1.29, 1.82) is 0 Å². The van der Waals surface area contributed by atoms with Crippen LogP contribution >= 0.6 is 11.6 Å². The first kappa shape index (κ1) is 7.23. The third kappa shape index (κ3) is 1.16. The van der Waals surface area contributed by atoms with Crippen LogP contribution in [-0.2, 0) is 5.88 Å². The van der Waals surface area contributed by atoms with E-state index in [9.17, 15) is 0 Å². The van der Waals surface area contributed by atoms with Crippen LogP contribution in [0.15, 0.2) is 6.20 Å². The number of aromatic nitrogens is 6. The molecule has 0 amide bonds. The zero-order valence-electron chi connectivity index (χ0n) is 5.95. The minimum atomic E-state index is 0.310. The molecule has 0 radical (unpaired) electrons. The molecule has 0 saturated carbocycles. The molecule has 2 N–H and O–H groups in total. The Bertz CT molecular complexity index is 352. The van der Waals surface area contributed by atoms with Gasteiger partial charge in [0.2, 0.25) is 5.82 Å². The van der Waals surface area contributed by atoms with Gasteiger partial charge in [0.25, 0.3) is 0 Å². The zero-order valence-corrected chi connectivity index (χ0v) is 6.71. The molecule has 2 aromatic heterocycles. The van der Waals surface area contributed by atoms with Gasteiger partial charge in [-0.25, -0.2) is 4.98 Å². The summed E-state index contributed by atoms with van der Waals surface area (Å²) in [4.78, 5) is 4.05. The van der Waals surface area contributed by atoms with Gasteiger partial charge in [-0.2, -0.15) is 20.5 Å². The van der Waals surface area contributed by atoms with E-state index in [0.717, 1.165) is 0 Å². The monoisotopic (exact) mass is 184 g/mol. The van der Waals surface area contributed by atoms with Crippen LogP contribution < -0.4 is 0 Å². The first-order chi connectivity index (χ1) is 5.90. The number of H-pyrrole nitrogens is 2. The molecule has 0 aliphatic heterocycles. The van der Waals surface area contributed by atoms with Crippen molar-refractivity contribution >= 4 is 11.6 Å². The smallest absolute Gasteiger partial charge is 0.203 e. The molecule has 0 aromatic carbocycles. The molecule has 2 heterocycles. The minimum absolute atomic E-state index is 0.310. The molecule has 6 nitrogen and oxygen atoms in total. The number of hydrogen-bond acceptors (Lipinski definition) is 4. The molecule has 12 heavy (non-hydrogen) atoms. The van der Waals surface area contributed by atoms with E-state index in [4.69, 9.17) is 11.6 Å². The molecule has 0 spiro atoms. The molecule has 0 atom stereocenters. The average molecular weight is 185 g/mol. The van der Waals surface area contributed by atoms with Gasteiger partial charge in [0.05, 0.1) is 12.1 Å². The summed E-state index contributed by atoms with van der Waals surface area (Å²) in [5.41, 5.74) is 0.600. The Kier molecular flexibility index (Phi) is 1.75. The lowest BCUT2D eigenvalue weighted by Crippen LogP contribution is -1.81.